The van der Waals surface area contributed by atoms with E-state index in [-0.39, 0.29) is 10.1 Å². The maximum Gasteiger partial charge on any atom is 0.271 e. The number of nitrogens with one attached hydrogen (secondary N) is 4. The van der Waals surface area contributed by atoms with E-state index in [4.69, 9.17) is 0 Å². The lowest BCUT2D eigenvalue weighted by Gasteiger charge is -2.13. The van der Waals surface area contributed by atoms with Crippen molar-refractivity contribution in [2.75, 3.05) is 10.0 Å². The van der Waals surface area contributed by atoms with Crippen LogP contribution in [0.4, 0.5) is 11.4 Å². The number of hydrogen-bond donors (Lipinski definition) is 4. The van der Waals surface area contributed by atoms with Crippen LogP contribution in [0.15, 0.2) is 76.8 Å². The molecule has 1 aromatic heterocycles. The molecule has 0 spiro atoms. The van der Waals surface area contributed by atoms with Crippen molar-refractivity contribution in [3.63, 3.8) is 0 Å². The van der Waals surface area contributed by atoms with Crippen LogP contribution < -0.4 is 20.9 Å². The maximum atomic E-state index is 12.4. The third-order valence-corrected chi connectivity index (χ3v) is 6.80. The summed E-state index contributed by atoms with van der Waals surface area (Å²) in [5.74, 6) is -0.614. The van der Waals surface area contributed by atoms with Crippen LogP contribution in [0.25, 0.3) is 5.70 Å². The number of benzene rings is 2. The van der Waals surface area contributed by atoms with Gasteiger partial charge in [0.1, 0.15) is 4.21 Å². The second kappa shape index (κ2) is 9.45. The summed E-state index contributed by atoms with van der Waals surface area (Å²) in [7, 11) is -3.65. The Morgan fingerprint density at radius 1 is 0.903 bits per heavy atom. The van der Waals surface area contributed by atoms with Crippen LogP contribution in [-0.4, -0.2) is 20.2 Å². The number of sulfonamides is 1. The second-order valence-electron chi connectivity index (χ2n) is 6.43. The Balaban J connectivity index is 1.58. The van der Waals surface area contributed by atoms with Crippen molar-refractivity contribution in [1.82, 2.24) is 10.9 Å². The summed E-state index contributed by atoms with van der Waals surface area (Å²) in [5.41, 5.74) is 7.66. The molecule has 0 unspecified atom stereocenters. The number of hydrogen-bond acceptors (Lipinski definition) is 6. The normalized spacial score (nSPS) is 10.7. The average Bonchev–Trinajstić information content (AvgIpc) is 3.28. The van der Waals surface area contributed by atoms with E-state index in [1.807, 2.05) is 0 Å². The molecule has 160 valence electrons. The van der Waals surface area contributed by atoms with Gasteiger partial charge in [-0.15, -0.1) is 11.3 Å². The Morgan fingerprint density at radius 2 is 1.65 bits per heavy atom. The molecule has 10 heteroatoms. The third kappa shape index (κ3) is 5.93. The molecule has 0 radical (unpaired) electrons. The van der Waals surface area contributed by atoms with E-state index in [0.717, 1.165) is 11.3 Å². The fraction of sp³-hybridized carbons (Fsp3) is 0.0476. The molecular formula is C21H20N4O4S2. The molecule has 0 saturated heterocycles. The van der Waals surface area contributed by atoms with E-state index in [0.29, 0.717) is 28.2 Å². The summed E-state index contributed by atoms with van der Waals surface area (Å²) in [4.78, 5) is 23.6. The number of carbonyl (C=O) groups excluding carboxylic acids is 2. The minimum absolute atomic E-state index is 0.190. The molecule has 8 nitrogen and oxygen atoms in total. The summed E-state index contributed by atoms with van der Waals surface area (Å²) in [6.07, 6.45) is 0. The minimum Gasteiger partial charge on any atom is -0.326 e. The molecule has 2 aromatic carbocycles. The molecule has 0 bridgehead atoms. The van der Waals surface area contributed by atoms with Gasteiger partial charge in [-0.3, -0.25) is 25.2 Å². The first-order valence-electron chi connectivity index (χ1n) is 9.04. The summed E-state index contributed by atoms with van der Waals surface area (Å²) in [6, 6.07) is 16.2. The zero-order valence-corrected chi connectivity index (χ0v) is 18.1. The van der Waals surface area contributed by atoms with E-state index in [1.165, 1.54) is 37.3 Å². The Hall–Kier alpha value is -3.63. The van der Waals surface area contributed by atoms with Gasteiger partial charge in [-0.2, -0.15) is 0 Å². The first kappa shape index (κ1) is 22.1. The second-order valence-corrected chi connectivity index (χ2v) is 9.29. The van der Waals surface area contributed by atoms with E-state index >= 15 is 0 Å². The van der Waals surface area contributed by atoms with Crippen LogP contribution in [0.5, 0.6) is 0 Å². The lowest BCUT2D eigenvalue weighted by molar-refractivity contribution is -0.114. The molecule has 2 amide bonds. The highest BCUT2D eigenvalue weighted by Gasteiger charge is 2.15. The highest BCUT2D eigenvalue weighted by molar-refractivity contribution is 7.94. The molecule has 1 heterocycles. The van der Waals surface area contributed by atoms with Crippen molar-refractivity contribution in [3.05, 3.63) is 83.7 Å². The smallest absolute Gasteiger partial charge is 0.271 e. The topological polar surface area (TPSA) is 116 Å². The molecular weight excluding hydrogens is 436 g/mol. The Kier molecular flexibility index (Phi) is 6.73. The van der Waals surface area contributed by atoms with Gasteiger partial charge in [0.05, 0.1) is 5.70 Å². The third-order valence-electron chi connectivity index (χ3n) is 4.02. The highest BCUT2D eigenvalue weighted by Crippen LogP contribution is 2.20. The van der Waals surface area contributed by atoms with Crippen LogP contribution in [-0.2, 0) is 14.8 Å². The first-order valence-corrected chi connectivity index (χ1v) is 11.4. The van der Waals surface area contributed by atoms with Crippen LogP contribution >= 0.6 is 11.3 Å². The fourth-order valence-electron chi connectivity index (χ4n) is 2.58. The van der Waals surface area contributed by atoms with Gasteiger partial charge in [0.15, 0.2) is 0 Å². The van der Waals surface area contributed by atoms with Crippen molar-refractivity contribution < 1.29 is 18.0 Å². The summed E-state index contributed by atoms with van der Waals surface area (Å²) in [6.45, 7) is 5.29. The average molecular weight is 457 g/mol. The van der Waals surface area contributed by atoms with Gasteiger partial charge >= 0.3 is 0 Å². The van der Waals surface area contributed by atoms with E-state index in [9.17, 15) is 18.0 Å². The Morgan fingerprint density at radius 3 is 2.29 bits per heavy atom. The van der Waals surface area contributed by atoms with Gasteiger partial charge in [0.25, 0.3) is 15.9 Å². The zero-order valence-electron chi connectivity index (χ0n) is 16.5. The number of carbonyl (C=O) groups is 2. The van der Waals surface area contributed by atoms with Crippen molar-refractivity contribution in [3.8, 4) is 0 Å². The lowest BCUT2D eigenvalue weighted by Crippen LogP contribution is -2.35. The van der Waals surface area contributed by atoms with E-state index in [2.05, 4.69) is 27.5 Å². The van der Waals surface area contributed by atoms with E-state index in [1.54, 1.807) is 35.7 Å². The molecule has 0 fully saturated rings. The molecule has 3 rings (SSSR count). The number of thiophene rings is 1. The summed E-state index contributed by atoms with van der Waals surface area (Å²) in [5, 5.41) is 4.36. The Bertz CT molecular complexity index is 1200. The quantitative estimate of drug-likeness (QED) is 0.388. The van der Waals surface area contributed by atoms with Gasteiger partial charge in [-0.25, -0.2) is 8.42 Å². The molecule has 0 aliphatic heterocycles. The SMILES string of the molecule is C=C(NNC(=O)c1ccc(NS(=O)(=O)c2cccs2)cc1)c1cccc(NC(C)=O)c1. The van der Waals surface area contributed by atoms with Crippen molar-refractivity contribution >= 4 is 50.2 Å². The molecule has 0 saturated carbocycles. The van der Waals surface area contributed by atoms with Crippen molar-refractivity contribution in [2.45, 2.75) is 11.1 Å². The molecule has 0 atom stereocenters. The lowest BCUT2D eigenvalue weighted by atomic mass is 10.1. The maximum absolute atomic E-state index is 12.4. The molecule has 4 N–H and O–H groups in total. The van der Waals surface area contributed by atoms with E-state index < -0.39 is 15.9 Å². The van der Waals surface area contributed by atoms with Gasteiger partial charge < -0.3 is 5.32 Å². The molecule has 31 heavy (non-hydrogen) atoms. The van der Waals surface area contributed by atoms with Gasteiger partial charge in [0.2, 0.25) is 5.91 Å². The predicted molar refractivity (Wildman–Crippen MR) is 122 cm³/mol. The fourth-order valence-corrected chi connectivity index (χ4v) is 4.63. The standard InChI is InChI=1S/C21H20N4O4S2/c1-14(17-5-3-6-19(13-17)22-15(2)26)23-24-21(27)16-8-10-18(11-9-16)25-31(28,29)20-7-4-12-30-20/h3-13,23,25H,1H2,2H3,(H,22,26)(H,24,27). The zero-order chi connectivity index (χ0) is 22.4. The van der Waals surface area contributed by atoms with Crippen LogP contribution in [0.3, 0.4) is 0 Å². The van der Waals surface area contributed by atoms with Crippen molar-refractivity contribution in [2.24, 2.45) is 0 Å². The molecule has 3 aromatic rings. The van der Waals surface area contributed by atoms with Gasteiger partial charge in [0, 0.05) is 29.4 Å². The minimum atomic E-state index is -3.65. The predicted octanol–water partition coefficient (Wildman–Crippen LogP) is 3.41. The number of hydrazine groups is 1. The summed E-state index contributed by atoms with van der Waals surface area (Å²) >= 11 is 1.12. The number of rotatable bonds is 8. The number of amides is 2. The highest BCUT2D eigenvalue weighted by atomic mass is 32.2. The van der Waals surface area contributed by atoms with Gasteiger partial charge in [-0.05, 0) is 47.8 Å². The summed E-state index contributed by atoms with van der Waals surface area (Å²) < 4.78 is 27.2. The monoisotopic (exact) mass is 456 g/mol. The largest absolute Gasteiger partial charge is 0.326 e. The van der Waals surface area contributed by atoms with Gasteiger partial charge in [-0.1, -0.05) is 24.8 Å². The van der Waals surface area contributed by atoms with Crippen LogP contribution in [0, 0.1) is 0 Å². The van der Waals surface area contributed by atoms with Crippen molar-refractivity contribution in [1.29, 1.82) is 0 Å². The Labute approximate surface area is 184 Å². The number of anilines is 2. The van der Waals surface area contributed by atoms with Crippen LogP contribution in [0.2, 0.25) is 0 Å². The molecule has 0 aliphatic carbocycles. The van der Waals surface area contributed by atoms with Crippen LogP contribution in [0.1, 0.15) is 22.8 Å². The molecule has 0 aliphatic rings. The first-order chi connectivity index (χ1) is 14.7.